The fourth-order valence-electron chi connectivity index (χ4n) is 2.12. The van der Waals surface area contributed by atoms with Crippen LogP contribution in [0.25, 0.3) is 0 Å². The Morgan fingerprint density at radius 3 is 2.71 bits per heavy atom. The molecule has 1 saturated carbocycles. The number of nitriles is 1. The van der Waals surface area contributed by atoms with E-state index in [0.717, 1.165) is 5.56 Å². The smallest absolute Gasteiger partial charge is 0.327 e. The van der Waals surface area contributed by atoms with Crippen molar-refractivity contribution in [3.63, 3.8) is 0 Å². The molecule has 0 unspecified atom stereocenters. The van der Waals surface area contributed by atoms with Gasteiger partial charge in [0, 0.05) is 5.92 Å². The Balaban J connectivity index is 2.19. The molecule has 1 aromatic rings. The topological polar surface area (TPSA) is 50.1 Å². The van der Waals surface area contributed by atoms with Gasteiger partial charge in [0.25, 0.3) is 0 Å². The van der Waals surface area contributed by atoms with Gasteiger partial charge in [0.05, 0.1) is 12.7 Å². The zero-order chi connectivity index (χ0) is 12.5. The minimum atomic E-state index is -0.939. The first-order chi connectivity index (χ1) is 8.14. The average molecular weight is 229 g/mol. The lowest BCUT2D eigenvalue weighted by atomic mass is 10.00. The summed E-state index contributed by atoms with van der Waals surface area (Å²) in [5, 5.41) is 9.19. The van der Waals surface area contributed by atoms with E-state index in [4.69, 9.17) is 4.74 Å². The molecule has 0 radical (unpaired) electrons. The SMILES string of the molecule is CCOC(=O)[C@@]1(C#N)C[C@@H]1c1ccc(C)cc1. The standard InChI is InChI=1S/C14H15NO2/c1-3-17-13(16)14(9-15)8-12(14)11-6-4-10(2)5-7-11/h4-7,12H,3,8H2,1-2H3/t12-,14-/m1/s1. The zero-order valence-electron chi connectivity index (χ0n) is 10.1. The number of esters is 1. The van der Waals surface area contributed by atoms with Gasteiger partial charge in [-0.15, -0.1) is 0 Å². The molecule has 0 amide bonds. The van der Waals surface area contributed by atoms with Crippen LogP contribution in [0.1, 0.15) is 30.4 Å². The van der Waals surface area contributed by atoms with Crippen molar-refractivity contribution in [2.45, 2.75) is 26.2 Å². The van der Waals surface area contributed by atoms with Gasteiger partial charge in [-0.05, 0) is 25.8 Å². The Morgan fingerprint density at radius 1 is 1.53 bits per heavy atom. The van der Waals surface area contributed by atoms with Crippen LogP contribution >= 0.6 is 0 Å². The first-order valence-corrected chi connectivity index (χ1v) is 5.79. The van der Waals surface area contributed by atoms with Crippen LogP contribution in [0.15, 0.2) is 24.3 Å². The second-order valence-corrected chi connectivity index (χ2v) is 4.47. The van der Waals surface area contributed by atoms with E-state index in [1.807, 2.05) is 31.2 Å². The normalized spacial score (nSPS) is 26.1. The van der Waals surface area contributed by atoms with Gasteiger partial charge in [0.15, 0.2) is 5.41 Å². The maximum Gasteiger partial charge on any atom is 0.327 e. The van der Waals surface area contributed by atoms with E-state index in [2.05, 4.69) is 6.07 Å². The lowest BCUT2D eigenvalue weighted by Gasteiger charge is -2.08. The maximum atomic E-state index is 11.8. The molecule has 1 aliphatic rings. The molecule has 1 fully saturated rings. The molecule has 3 nitrogen and oxygen atoms in total. The van der Waals surface area contributed by atoms with E-state index < -0.39 is 5.41 Å². The predicted molar refractivity (Wildman–Crippen MR) is 63.2 cm³/mol. The summed E-state index contributed by atoms with van der Waals surface area (Å²) in [5.74, 6) is -0.389. The summed E-state index contributed by atoms with van der Waals surface area (Å²) < 4.78 is 4.97. The molecule has 2 rings (SSSR count). The number of carbonyl (C=O) groups excluding carboxylic acids is 1. The summed E-state index contributed by atoms with van der Waals surface area (Å²) >= 11 is 0. The van der Waals surface area contributed by atoms with Crippen LogP contribution in [0.5, 0.6) is 0 Å². The molecule has 0 bridgehead atoms. The Kier molecular flexibility index (Phi) is 2.89. The summed E-state index contributed by atoms with van der Waals surface area (Å²) in [7, 11) is 0. The van der Waals surface area contributed by atoms with Crippen LogP contribution < -0.4 is 0 Å². The lowest BCUT2D eigenvalue weighted by Crippen LogP contribution is -2.19. The molecule has 0 N–H and O–H groups in total. The number of ether oxygens (including phenoxy) is 1. The molecule has 88 valence electrons. The number of rotatable bonds is 3. The number of nitrogens with zero attached hydrogens (tertiary/aromatic N) is 1. The zero-order valence-corrected chi connectivity index (χ0v) is 10.1. The van der Waals surface area contributed by atoms with Gasteiger partial charge >= 0.3 is 5.97 Å². The van der Waals surface area contributed by atoms with Crippen LogP contribution in [-0.2, 0) is 9.53 Å². The van der Waals surface area contributed by atoms with Crippen molar-refractivity contribution in [1.29, 1.82) is 5.26 Å². The van der Waals surface area contributed by atoms with E-state index in [1.165, 1.54) is 5.56 Å². The summed E-state index contributed by atoms with van der Waals surface area (Å²) in [6, 6.07) is 10.1. The summed E-state index contributed by atoms with van der Waals surface area (Å²) in [6.45, 7) is 4.09. The summed E-state index contributed by atoms with van der Waals surface area (Å²) in [5.41, 5.74) is 1.28. The van der Waals surface area contributed by atoms with Gasteiger partial charge < -0.3 is 4.74 Å². The third kappa shape index (κ3) is 1.91. The Morgan fingerprint density at radius 2 is 2.18 bits per heavy atom. The average Bonchev–Trinajstić information content (AvgIpc) is 3.06. The largest absolute Gasteiger partial charge is 0.465 e. The van der Waals surface area contributed by atoms with Crippen molar-refractivity contribution in [2.24, 2.45) is 5.41 Å². The molecular formula is C14H15NO2. The van der Waals surface area contributed by atoms with Crippen molar-refractivity contribution in [3.8, 4) is 6.07 Å². The molecule has 2 atom stereocenters. The molecule has 0 saturated heterocycles. The molecule has 3 heteroatoms. The fourth-order valence-corrected chi connectivity index (χ4v) is 2.12. The van der Waals surface area contributed by atoms with Gasteiger partial charge in [-0.3, -0.25) is 4.79 Å². The maximum absolute atomic E-state index is 11.8. The van der Waals surface area contributed by atoms with Crippen molar-refractivity contribution < 1.29 is 9.53 Å². The van der Waals surface area contributed by atoms with Crippen molar-refractivity contribution >= 4 is 5.97 Å². The molecule has 0 heterocycles. The van der Waals surface area contributed by atoms with Gasteiger partial charge in [0.2, 0.25) is 0 Å². The lowest BCUT2D eigenvalue weighted by molar-refractivity contribution is -0.147. The fraction of sp³-hybridized carbons (Fsp3) is 0.429. The third-order valence-electron chi connectivity index (χ3n) is 3.28. The van der Waals surface area contributed by atoms with Crippen LogP contribution in [0.4, 0.5) is 0 Å². The van der Waals surface area contributed by atoms with E-state index >= 15 is 0 Å². The van der Waals surface area contributed by atoms with E-state index in [9.17, 15) is 10.1 Å². The number of hydrogen-bond donors (Lipinski definition) is 0. The molecule has 0 spiro atoms. The molecule has 17 heavy (non-hydrogen) atoms. The first-order valence-electron chi connectivity index (χ1n) is 5.79. The van der Waals surface area contributed by atoms with Crippen LogP contribution in [-0.4, -0.2) is 12.6 Å². The van der Waals surface area contributed by atoms with Crippen LogP contribution in [0.3, 0.4) is 0 Å². The Bertz CT molecular complexity index is 472. The van der Waals surface area contributed by atoms with Gasteiger partial charge in [-0.1, -0.05) is 29.8 Å². The summed E-state index contributed by atoms with van der Waals surface area (Å²) in [4.78, 5) is 11.8. The molecule has 0 aromatic heterocycles. The molecular weight excluding hydrogens is 214 g/mol. The minimum absolute atomic E-state index is 0.00727. The monoisotopic (exact) mass is 229 g/mol. The highest BCUT2D eigenvalue weighted by molar-refractivity contribution is 5.85. The Labute approximate surface area is 101 Å². The third-order valence-corrected chi connectivity index (χ3v) is 3.28. The summed E-state index contributed by atoms with van der Waals surface area (Å²) in [6.07, 6.45) is 0.575. The number of carbonyl (C=O) groups is 1. The van der Waals surface area contributed by atoms with Crippen LogP contribution in [0, 0.1) is 23.7 Å². The van der Waals surface area contributed by atoms with E-state index in [0.29, 0.717) is 13.0 Å². The highest BCUT2D eigenvalue weighted by atomic mass is 16.5. The quantitative estimate of drug-likeness (QED) is 0.748. The molecule has 0 aliphatic heterocycles. The second-order valence-electron chi connectivity index (χ2n) is 4.47. The van der Waals surface area contributed by atoms with Crippen molar-refractivity contribution in [2.75, 3.05) is 6.61 Å². The number of aryl methyl sites for hydroxylation is 1. The highest BCUT2D eigenvalue weighted by Gasteiger charge is 2.62. The highest BCUT2D eigenvalue weighted by Crippen LogP contribution is 2.59. The number of benzene rings is 1. The Hall–Kier alpha value is -1.82. The minimum Gasteiger partial charge on any atom is -0.465 e. The first kappa shape index (κ1) is 11.7. The van der Waals surface area contributed by atoms with E-state index in [-0.39, 0.29) is 11.9 Å². The van der Waals surface area contributed by atoms with Crippen molar-refractivity contribution in [1.82, 2.24) is 0 Å². The van der Waals surface area contributed by atoms with Crippen molar-refractivity contribution in [3.05, 3.63) is 35.4 Å². The number of hydrogen-bond acceptors (Lipinski definition) is 3. The van der Waals surface area contributed by atoms with Crippen LogP contribution in [0.2, 0.25) is 0 Å². The van der Waals surface area contributed by atoms with Gasteiger partial charge in [-0.2, -0.15) is 5.26 Å². The predicted octanol–water partition coefficient (Wildman–Crippen LogP) is 2.56. The molecule has 1 aliphatic carbocycles. The van der Waals surface area contributed by atoms with Gasteiger partial charge in [-0.25, -0.2) is 0 Å². The van der Waals surface area contributed by atoms with Gasteiger partial charge in [0.1, 0.15) is 0 Å². The second kappa shape index (κ2) is 4.21. The van der Waals surface area contributed by atoms with E-state index in [1.54, 1.807) is 6.92 Å². The molecule has 1 aromatic carbocycles.